The summed E-state index contributed by atoms with van der Waals surface area (Å²) in [5.41, 5.74) is 5.58. The van der Waals surface area contributed by atoms with Crippen LogP contribution in [0.5, 0.6) is 0 Å². The Kier molecular flexibility index (Phi) is 6.17. The van der Waals surface area contributed by atoms with Crippen molar-refractivity contribution in [3.8, 4) is 0 Å². The van der Waals surface area contributed by atoms with E-state index in [0.717, 1.165) is 27.8 Å². The van der Waals surface area contributed by atoms with Gasteiger partial charge in [0.15, 0.2) is 0 Å². The Labute approximate surface area is 190 Å². The van der Waals surface area contributed by atoms with Gasteiger partial charge in [0.05, 0.1) is 4.90 Å². The molecule has 0 radical (unpaired) electrons. The fourth-order valence-corrected chi connectivity index (χ4v) is 6.09. The van der Waals surface area contributed by atoms with Crippen molar-refractivity contribution >= 4 is 15.9 Å². The molecule has 0 saturated heterocycles. The maximum Gasteiger partial charge on any atom is 0.244 e. The van der Waals surface area contributed by atoms with E-state index in [1.165, 1.54) is 4.31 Å². The highest BCUT2D eigenvalue weighted by Gasteiger charge is 2.40. The van der Waals surface area contributed by atoms with Crippen LogP contribution in [0.15, 0.2) is 71.6 Å². The lowest BCUT2D eigenvalue weighted by molar-refractivity contribution is -0.125. The number of hydrogen-bond donors (Lipinski definition) is 1. The number of nitrogens with zero attached hydrogens (tertiary/aromatic N) is 1. The molecule has 6 heteroatoms. The molecule has 1 aliphatic rings. The van der Waals surface area contributed by atoms with Crippen molar-refractivity contribution in [3.63, 3.8) is 0 Å². The second-order valence-corrected chi connectivity index (χ2v) is 10.4. The third-order valence-corrected chi connectivity index (χ3v) is 7.98. The van der Waals surface area contributed by atoms with Gasteiger partial charge in [-0.1, -0.05) is 66.2 Å². The zero-order chi connectivity index (χ0) is 22.9. The lowest BCUT2D eigenvalue weighted by atomic mass is 9.95. The van der Waals surface area contributed by atoms with Crippen molar-refractivity contribution in [1.82, 2.24) is 9.62 Å². The molecule has 1 aliphatic heterocycles. The van der Waals surface area contributed by atoms with E-state index >= 15 is 0 Å². The second-order valence-electron chi connectivity index (χ2n) is 8.51. The average molecular weight is 449 g/mol. The summed E-state index contributed by atoms with van der Waals surface area (Å²) in [6.07, 6.45) is 0.347. The number of sulfonamides is 1. The number of carbonyl (C=O) groups is 1. The summed E-state index contributed by atoms with van der Waals surface area (Å²) in [6, 6.07) is 20.2. The lowest BCUT2D eigenvalue weighted by Crippen LogP contribution is -2.52. The number of amides is 1. The molecule has 3 aromatic rings. The number of benzene rings is 3. The third-order valence-electron chi connectivity index (χ3n) is 5.99. The molecule has 4 rings (SSSR count). The first-order valence-corrected chi connectivity index (χ1v) is 12.2. The van der Waals surface area contributed by atoms with Crippen molar-refractivity contribution in [2.24, 2.45) is 0 Å². The van der Waals surface area contributed by atoms with Crippen LogP contribution in [0.3, 0.4) is 0 Å². The van der Waals surface area contributed by atoms with Crippen LogP contribution >= 0.6 is 0 Å². The van der Waals surface area contributed by atoms with Gasteiger partial charge in [-0.2, -0.15) is 4.31 Å². The van der Waals surface area contributed by atoms with Crippen molar-refractivity contribution < 1.29 is 13.2 Å². The Hall–Kier alpha value is -2.96. The Bertz CT molecular complexity index is 1270. The molecule has 0 aliphatic carbocycles. The van der Waals surface area contributed by atoms with Gasteiger partial charge in [-0.3, -0.25) is 4.79 Å². The summed E-state index contributed by atoms with van der Waals surface area (Å²) < 4.78 is 28.9. The van der Waals surface area contributed by atoms with Gasteiger partial charge in [0.25, 0.3) is 0 Å². The van der Waals surface area contributed by atoms with Gasteiger partial charge < -0.3 is 5.32 Å². The van der Waals surface area contributed by atoms with Gasteiger partial charge in [-0.15, -0.1) is 0 Å². The number of fused-ring (bicyclic) bond motifs is 1. The van der Waals surface area contributed by atoms with Crippen molar-refractivity contribution in [2.45, 2.75) is 51.2 Å². The maximum absolute atomic E-state index is 13.7. The van der Waals surface area contributed by atoms with Crippen molar-refractivity contribution in [2.75, 3.05) is 0 Å². The zero-order valence-corrected chi connectivity index (χ0v) is 19.4. The van der Waals surface area contributed by atoms with Gasteiger partial charge in [0.2, 0.25) is 15.9 Å². The van der Waals surface area contributed by atoms with Gasteiger partial charge in [-0.05, 0) is 61.1 Å². The number of aryl methyl sites for hydroxylation is 3. The number of carbonyl (C=O) groups excluding carboxylic acids is 1. The Morgan fingerprint density at radius 2 is 1.66 bits per heavy atom. The van der Waals surface area contributed by atoms with Crippen LogP contribution in [0.4, 0.5) is 0 Å². The Morgan fingerprint density at radius 1 is 0.938 bits per heavy atom. The molecule has 5 nitrogen and oxygen atoms in total. The molecule has 3 aromatic carbocycles. The molecule has 1 amide bonds. The molecule has 0 unspecified atom stereocenters. The van der Waals surface area contributed by atoms with E-state index in [0.29, 0.717) is 18.5 Å². The molecule has 0 fully saturated rings. The molecule has 0 aromatic heterocycles. The first-order chi connectivity index (χ1) is 15.3. The van der Waals surface area contributed by atoms with E-state index in [4.69, 9.17) is 0 Å². The highest BCUT2D eigenvalue weighted by molar-refractivity contribution is 7.89. The molecule has 1 heterocycles. The highest BCUT2D eigenvalue weighted by Crippen LogP contribution is 2.31. The predicted molar refractivity (Wildman–Crippen MR) is 126 cm³/mol. The summed E-state index contributed by atoms with van der Waals surface area (Å²) >= 11 is 0. The Balaban J connectivity index is 1.68. The van der Waals surface area contributed by atoms with Crippen LogP contribution in [-0.2, 0) is 34.3 Å². The fourth-order valence-electron chi connectivity index (χ4n) is 4.22. The van der Waals surface area contributed by atoms with E-state index in [2.05, 4.69) is 5.32 Å². The van der Waals surface area contributed by atoms with Crippen LogP contribution in [0.1, 0.15) is 33.4 Å². The monoisotopic (exact) mass is 448 g/mol. The van der Waals surface area contributed by atoms with Crippen LogP contribution in [0.2, 0.25) is 0 Å². The number of rotatable bonds is 5. The molecule has 0 bridgehead atoms. The van der Waals surface area contributed by atoms with Gasteiger partial charge in [-0.25, -0.2) is 8.42 Å². The highest BCUT2D eigenvalue weighted by atomic mass is 32.2. The molecular weight excluding hydrogens is 420 g/mol. The first-order valence-electron chi connectivity index (χ1n) is 10.7. The first kappa shape index (κ1) is 22.2. The topological polar surface area (TPSA) is 66.5 Å². The predicted octanol–water partition coefficient (Wildman–Crippen LogP) is 4.04. The standard InChI is InChI=1S/C26H28N2O3S/c1-18-7-6-8-21(13-18)16-27-26(29)24-15-22-9-4-5-10-23(22)17-28(24)32(30,31)25-14-19(2)11-12-20(25)3/h4-14,24H,15-17H2,1-3H3,(H,27,29)/t24-/m1/s1. The summed E-state index contributed by atoms with van der Waals surface area (Å²) in [6.45, 7) is 6.19. The van der Waals surface area contributed by atoms with E-state index in [9.17, 15) is 13.2 Å². The number of hydrogen-bond acceptors (Lipinski definition) is 3. The summed E-state index contributed by atoms with van der Waals surface area (Å²) in [7, 11) is -3.87. The minimum Gasteiger partial charge on any atom is -0.351 e. The molecule has 0 spiro atoms. The van der Waals surface area contributed by atoms with Crippen LogP contribution < -0.4 is 5.32 Å². The fraction of sp³-hybridized carbons (Fsp3) is 0.269. The average Bonchev–Trinajstić information content (AvgIpc) is 2.78. The smallest absolute Gasteiger partial charge is 0.244 e. The molecule has 32 heavy (non-hydrogen) atoms. The zero-order valence-electron chi connectivity index (χ0n) is 18.6. The van der Waals surface area contributed by atoms with E-state index < -0.39 is 16.1 Å². The van der Waals surface area contributed by atoms with Gasteiger partial charge in [0.1, 0.15) is 6.04 Å². The van der Waals surface area contributed by atoms with Gasteiger partial charge in [0, 0.05) is 13.1 Å². The van der Waals surface area contributed by atoms with E-state index in [1.807, 2.05) is 74.5 Å². The largest absolute Gasteiger partial charge is 0.351 e. The molecular formula is C26H28N2O3S. The molecule has 0 saturated carbocycles. The van der Waals surface area contributed by atoms with Crippen LogP contribution in [0, 0.1) is 20.8 Å². The van der Waals surface area contributed by atoms with Gasteiger partial charge >= 0.3 is 0 Å². The number of nitrogens with one attached hydrogen (secondary N) is 1. The normalized spacial score (nSPS) is 16.4. The summed E-state index contributed by atoms with van der Waals surface area (Å²) in [5.74, 6) is -0.283. The Morgan fingerprint density at radius 3 is 2.41 bits per heavy atom. The van der Waals surface area contributed by atoms with Crippen LogP contribution in [0.25, 0.3) is 0 Å². The maximum atomic E-state index is 13.7. The SMILES string of the molecule is Cc1cccc(CNC(=O)[C@H]2Cc3ccccc3CN2S(=O)(=O)c2cc(C)ccc2C)c1. The quantitative estimate of drug-likeness (QED) is 0.641. The summed E-state index contributed by atoms with van der Waals surface area (Å²) in [5, 5.41) is 2.96. The third kappa shape index (κ3) is 4.47. The molecule has 1 atom stereocenters. The van der Waals surface area contributed by atoms with E-state index in [-0.39, 0.29) is 17.3 Å². The minimum atomic E-state index is -3.87. The van der Waals surface area contributed by atoms with Crippen molar-refractivity contribution in [1.29, 1.82) is 0 Å². The minimum absolute atomic E-state index is 0.175. The lowest BCUT2D eigenvalue weighted by Gasteiger charge is -2.35. The molecule has 166 valence electrons. The molecule has 1 N–H and O–H groups in total. The summed E-state index contributed by atoms with van der Waals surface area (Å²) in [4.78, 5) is 13.5. The van der Waals surface area contributed by atoms with Crippen LogP contribution in [-0.4, -0.2) is 24.7 Å². The second kappa shape index (κ2) is 8.88. The van der Waals surface area contributed by atoms with E-state index in [1.54, 1.807) is 13.0 Å². The van der Waals surface area contributed by atoms with Crippen molar-refractivity contribution in [3.05, 3.63) is 100 Å².